The summed E-state index contributed by atoms with van der Waals surface area (Å²) < 4.78 is 21.7. The van der Waals surface area contributed by atoms with Crippen LogP contribution in [0.3, 0.4) is 0 Å². The smallest absolute Gasteiger partial charge is 0.260 e. The Labute approximate surface area is 321 Å². The largest absolute Gasteiger partial charge is 0.505 e. The average molecular weight is 852 g/mol. The molecule has 13 heteroatoms. The first-order valence-electron chi connectivity index (χ1n) is 16.5. The maximum atomic E-state index is 15.3. The minimum atomic E-state index is -1.74. The molecule has 4 aliphatic rings. The number of hydrazine groups is 1. The Morgan fingerprint density at radius 1 is 0.923 bits per heavy atom. The van der Waals surface area contributed by atoms with E-state index in [9.17, 15) is 19.5 Å². The summed E-state index contributed by atoms with van der Waals surface area (Å²) in [7, 11) is 1.50. The normalized spacial score (nSPS) is 26.6. The number of amides is 4. The lowest BCUT2D eigenvalue weighted by atomic mass is 9.49. The molecule has 2 heterocycles. The molecule has 0 bridgehead atoms. The highest BCUT2D eigenvalue weighted by atomic mass is 127. The number of halogens is 4. The van der Waals surface area contributed by atoms with Crippen molar-refractivity contribution in [3.63, 3.8) is 0 Å². The van der Waals surface area contributed by atoms with E-state index in [0.717, 1.165) is 14.6 Å². The topological polar surface area (TPSA) is 116 Å². The van der Waals surface area contributed by atoms with Crippen LogP contribution in [-0.4, -0.2) is 40.9 Å². The fourth-order valence-electron chi connectivity index (χ4n) is 8.80. The number of para-hydroxylation sites is 1. The Kier molecular flexibility index (Phi) is 8.58. The summed E-state index contributed by atoms with van der Waals surface area (Å²) in [5, 5.41) is 12.8. The molecular formula is C39H29Cl2FIN3O6. The van der Waals surface area contributed by atoms with Gasteiger partial charge in [-0.2, -0.15) is 5.01 Å². The SMILES string of the molecule is COc1ccc(C23C(=O)N(Nc4ccc(Cl)cc4Cl)C(=O)C2CC2C(=CCC4C(=O)N(c5ccc(I)cc5)C(=O)C42)C3c2cccc(F)c2O)cc1. The number of carbonyl (C=O) groups is 4. The highest BCUT2D eigenvalue weighted by Crippen LogP contribution is 2.65. The molecule has 264 valence electrons. The molecule has 3 fully saturated rings. The van der Waals surface area contributed by atoms with E-state index in [1.807, 2.05) is 18.2 Å². The molecule has 0 aromatic heterocycles. The molecule has 9 nitrogen and oxygen atoms in total. The van der Waals surface area contributed by atoms with E-state index < -0.39 is 64.3 Å². The van der Waals surface area contributed by atoms with Crippen molar-refractivity contribution >= 4 is 80.8 Å². The van der Waals surface area contributed by atoms with Crippen molar-refractivity contribution in [3.8, 4) is 11.5 Å². The van der Waals surface area contributed by atoms with Crippen molar-refractivity contribution in [1.82, 2.24) is 5.01 Å². The van der Waals surface area contributed by atoms with Gasteiger partial charge in [0.2, 0.25) is 11.8 Å². The van der Waals surface area contributed by atoms with Crippen LogP contribution in [0, 0.1) is 33.1 Å². The molecule has 6 unspecified atom stereocenters. The highest BCUT2D eigenvalue weighted by Gasteiger charge is 2.70. The van der Waals surface area contributed by atoms with Crippen molar-refractivity contribution < 1.29 is 33.4 Å². The molecule has 1 saturated carbocycles. The van der Waals surface area contributed by atoms with Crippen LogP contribution in [-0.2, 0) is 24.6 Å². The Morgan fingerprint density at radius 2 is 1.65 bits per heavy atom. The fourth-order valence-corrected chi connectivity index (χ4v) is 9.61. The fraction of sp³-hybridized carbons (Fsp3) is 0.231. The molecule has 0 radical (unpaired) electrons. The summed E-state index contributed by atoms with van der Waals surface area (Å²) >= 11 is 14.8. The third-order valence-electron chi connectivity index (χ3n) is 11.0. The molecule has 0 spiro atoms. The summed E-state index contributed by atoms with van der Waals surface area (Å²) in [6.07, 6.45) is 2.03. The summed E-state index contributed by atoms with van der Waals surface area (Å²) in [6, 6.07) is 22.4. The van der Waals surface area contributed by atoms with Crippen molar-refractivity contribution in [1.29, 1.82) is 0 Å². The molecular weight excluding hydrogens is 823 g/mol. The lowest BCUT2D eigenvalue weighted by Gasteiger charge is -2.50. The Balaban J connectivity index is 1.34. The quantitative estimate of drug-likeness (QED) is 0.116. The predicted octanol–water partition coefficient (Wildman–Crippen LogP) is 7.64. The number of hydrogen-bond acceptors (Lipinski definition) is 7. The van der Waals surface area contributed by atoms with Crippen molar-refractivity contribution in [3.05, 3.63) is 127 Å². The van der Waals surface area contributed by atoms with Crippen LogP contribution in [0.25, 0.3) is 0 Å². The highest BCUT2D eigenvalue weighted by molar-refractivity contribution is 14.1. The molecule has 4 amide bonds. The molecule has 4 aromatic rings. The van der Waals surface area contributed by atoms with Gasteiger partial charge in [-0.05, 0) is 108 Å². The Hall–Kier alpha value is -4.46. The number of methoxy groups -OCH3 is 1. The number of ether oxygens (including phenoxy) is 1. The van der Waals surface area contributed by atoms with Crippen LogP contribution >= 0.6 is 45.8 Å². The van der Waals surface area contributed by atoms with Gasteiger partial charge in [-0.15, -0.1) is 0 Å². The standard InChI is InChI=1S/C39H29Cl2FIN3O6/c1-52-23-12-5-19(6-13-23)39-28(36(49)46(38(39)51)44-31-16-7-20(40)17-29(31)41)18-27-24(33(39)26-3-2-4-30(42)34(26)47)14-15-25-32(27)37(50)45(35(25)48)22-10-8-21(43)9-11-22/h2-14,16-17,25,27-28,32-33,44,47H,15,18H2,1H3. The zero-order valence-corrected chi connectivity index (χ0v) is 31.0. The van der Waals surface area contributed by atoms with Crippen LogP contribution in [0.2, 0.25) is 10.0 Å². The number of allylic oxidation sites excluding steroid dienone is 2. The van der Waals surface area contributed by atoms with Gasteiger partial charge in [0.25, 0.3) is 11.8 Å². The van der Waals surface area contributed by atoms with Gasteiger partial charge in [0.1, 0.15) is 5.75 Å². The number of fused-ring (bicyclic) bond motifs is 4. The first-order valence-corrected chi connectivity index (χ1v) is 18.4. The van der Waals surface area contributed by atoms with E-state index in [0.29, 0.717) is 27.6 Å². The van der Waals surface area contributed by atoms with Crippen molar-refractivity contribution in [2.45, 2.75) is 24.2 Å². The zero-order valence-electron chi connectivity index (χ0n) is 27.4. The van der Waals surface area contributed by atoms with Crippen LogP contribution < -0.4 is 15.1 Å². The van der Waals surface area contributed by atoms with Crippen LogP contribution in [0.1, 0.15) is 29.9 Å². The van der Waals surface area contributed by atoms with Crippen LogP contribution in [0.15, 0.2) is 96.6 Å². The molecule has 2 N–H and O–H groups in total. The molecule has 2 saturated heterocycles. The van der Waals surface area contributed by atoms with Crippen LogP contribution in [0.4, 0.5) is 15.8 Å². The zero-order chi connectivity index (χ0) is 36.6. The second kappa shape index (κ2) is 12.9. The summed E-state index contributed by atoms with van der Waals surface area (Å²) in [4.78, 5) is 59.7. The molecule has 6 atom stereocenters. The number of benzene rings is 4. The number of phenols is 1. The summed E-state index contributed by atoms with van der Waals surface area (Å²) in [6.45, 7) is 0. The number of rotatable bonds is 6. The van der Waals surface area contributed by atoms with E-state index in [1.165, 1.54) is 36.3 Å². The van der Waals surface area contributed by atoms with E-state index in [2.05, 4.69) is 28.0 Å². The van der Waals surface area contributed by atoms with Crippen LogP contribution in [0.5, 0.6) is 11.5 Å². The van der Waals surface area contributed by atoms with Gasteiger partial charge in [0.05, 0.1) is 46.7 Å². The average Bonchev–Trinajstić information content (AvgIpc) is 3.52. The van der Waals surface area contributed by atoms with Gasteiger partial charge in [0, 0.05) is 20.1 Å². The van der Waals surface area contributed by atoms with E-state index in [-0.39, 0.29) is 35.0 Å². The number of anilines is 2. The Bertz CT molecular complexity index is 2220. The first-order chi connectivity index (χ1) is 25.0. The lowest BCUT2D eigenvalue weighted by molar-refractivity contribution is -0.138. The van der Waals surface area contributed by atoms with Gasteiger partial charge in [-0.25, -0.2) is 4.39 Å². The van der Waals surface area contributed by atoms with Gasteiger partial charge in [-0.3, -0.25) is 29.5 Å². The van der Waals surface area contributed by atoms with Gasteiger partial charge in [0.15, 0.2) is 11.6 Å². The monoisotopic (exact) mass is 851 g/mol. The second-order valence-electron chi connectivity index (χ2n) is 13.4. The van der Waals surface area contributed by atoms with E-state index in [4.69, 9.17) is 27.9 Å². The number of carbonyl (C=O) groups excluding carboxylic acids is 4. The van der Waals surface area contributed by atoms with Crippen molar-refractivity contribution in [2.75, 3.05) is 17.4 Å². The number of nitrogens with zero attached hydrogens (tertiary/aromatic N) is 2. The van der Waals surface area contributed by atoms with E-state index in [1.54, 1.807) is 42.5 Å². The van der Waals surface area contributed by atoms with Crippen molar-refractivity contribution in [2.24, 2.45) is 23.7 Å². The first kappa shape index (κ1) is 34.6. The maximum Gasteiger partial charge on any atom is 0.260 e. The lowest BCUT2D eigenvalue weighted by Crippen LogP contribution is -2.53. The maximum absolute atomic E-state index is 15.3. The molecule has 2 aliphatic heterocycles. The molecule has 8 rings (SSSR count). The third-order valence-corrected chi connectivity index (χ3v) is 12.3. The number of nitrogens with one attached hydrogen (secondary N) is 1. The minimum absolute atomic E-state index is 0.0161. The Morgan fingerprint density at radius 3 is 2.35 bits per heavy atom. The second-order valence-corrected chi connectivity index (χ2v) is 15.5. The van der Waals surface area contributed by atoms with E-state index >= 15 is 9.18 Å². The minimum Gasteiger partial charge on any atom is -0.505 e. The summed E-state index contributed by atoms with van der Waals surface area (Å²) in [5.41, 5.74) is 2.94. The van der Waals surface area contributed by atoms with Gasteiger partial charge < -0.3 is 9.84 Å². The summed E-state index contributed by atoms with van der Waals surface area (Å²) in [5.74, 6) is -7.66. The number of aromatic hydroxyl groups is 1. The molecule has 52 heavy (non-hydrogen) atoms. The predicted molar refractivity (Wildman–Crippen MR) is 200 cm³/mol. The number of phenolic OH excluding ortho intramolecular Hbond substituents is 1. The third kappa shape index (κ3) is 5.07. The molecule has 4 aromatic carbocycles. The van der Waals surface area contributed by atoms with Gasteiger partial charge >= 0.3 is 0 Å². The number of imide groups is 2. The number of hydrogen-bond donors (Lipinski definition) is 2. The van der Waals surface area contributed by atoms with Gasteiger partial charge in [-0.1, -0.05) is 59.1 Å². The molecule has 2 aliphatic carbocycles.